The van der Waals surface area contributed by atoms with Crippen LogP contribution in [0.1, 0.15) is 64.0 Å². The molecular weight excluding hydrogens is 677 g/mol. The Balaban J connectivity index is 1.59. The molecule has 0 radical (unpaired) electrons. The van der Waals surface area contributed by atoms with Gasteiger partial charge in [-0.15, -0.1) is 11.8 Å². The van der Waals surface area contributed by atoms with Crippen molar-refractivity contribution in [3.63, 3.8) is 0 Å². The minimum atomic E-state index is -1.14. The van der Waals surface area contributed by atoms with Crippen LogP contribution in [0.15, 0.2) is 82.6 Å². The van der Waals surface area contributed by atoms with E-state index < -0.39 is 29.9 Å². The first-order valence-corrected chi connectivity index (χ1v) is 20.2. The number of carbonyl (C=O) groups is 3. The zero-order chi connectivity index (χ0) is 35.2. The Morgan fingerprint density at radius 2 is 1.63 bits per heavy atom. The fraction of sp³-hybridized carbons (Fsp3) is 0.432. The van der Waals surface area contributed by atoms with Crippen molar-refractivity contribution in [2.75, 3.05) is 36.3 Å². The van der Waals surface area contributed by atoms with Gasteiger partial charge in [-0.05, 0) is 67.1 Å². The monoisotopic (exact) mass is 724 g/mol. The molecule has 0 saturated heterocycles. The van der Waals surface area contributed by atoms with Crippen molar-refractivity contribution < 1.29 is 24.2 Å². The molecule has 0 spiro atoms. The van der Waals surface area contributed by atoms with Crippen LogP contribution < -0.4 is 25.0 Å². The maximum atomic E-state index is 13.3. The molecule has 3 aromatic carbocycles. The van der Waals surface area contributed by atoms with Gasteiger partial charge in [0.25, 0.3) is 5.91 Å². The molecule has 0 aliphatic carbocycles. The Kier molecular flexibility index (Phi) is 15.1. The number of rotatable bonds is 18. The van der Waals surface area contributed by atoms with Crippen molar-refractivity contribution >= 4 is 64.6 Å². The average molecular weight is 725 g/mol. The van der Waals surface area contributed by atoms with Crippen LogP contribution in [0.2, 0.25) is 0 Å². The highest BCUT2D eigenvalue weighted by Crippen LogP contribution is 2.46. The molecule has 1 heterocycles. The maximum Gasteiger partial charge on any atom is 0.327 e. The molecule has 0 fully saturated rings. The zero-order valence-electron chi connectivity index (χ0n) is 28.7. The van der Waals surface area contributed by atoms with Crippen LogP contribution in [-0.4, -0.2) is 65.9 Å². The van der Waals surface area contributed by atoms with Crippen LogP contribution in [0.3, 0.4) is 0 Å². The number of benzene rings is 3. The molecule has 2 atom stereocenters. The number of para-hydroxylation sites is 1. The molecule has 0 saturated carbocycles. The van der Waals surface area contributed by atoms with Crippen LogP contribution in [0.5, 0.6) is 5.75 Å². The number of thioether (sulfide) groups is 2. The largest absolute Gasteiger partial charge is 0.483 e. The number of nitrogens with zero attached hydrogens (tertiary/aromatic N) is 1. The van der Waals surface area contributed by atoms with Crippen LogP contribution in [0.4, 0.5) is 11.4 Å². The summed E-state index contributed by atoms with van der Waals surface area (Å²) in [7, 11) is 0. The van der Waals surface area contributed by atoms with Gasteiger partial charge in [0.15, 0.2) is 6.61 Å². The Bertz CT molecular complexity index is 1520. The molecular formula is C37H48N4O5S3. The number of anilines is 2. The highest BCUT2D eigenvalue weighted by molar-refractivity contribution is 7.99. The van der Waals surface area contributed by atoms with Gasteiger partial charge in [-0.3, -0.25) is 14.3 Å². The van der Waals surface area contributed by atoms with Crippen molar-refractivity contribution in [2.45, 2.75) is 79.8 Å². The molecule has 1 aliphatic heterocycles. The highest BCUT2D eigenvalue weighted by Gasteiger charge is 2.36. The predicted molar refractivity (Wildman–Crippen MR) is 203 cm³/mol. The van der Waals surface area contributed by atoms with Gasteiger partial charge in [0.2, 0.25) is 5.91 Å². The number of fused-ring (bicyclic) bond motifs is 1. The fourth-order valence-electron chi connectivity index (χ4n) is 5.82. The third-order valence-electron chi connectivity index (χ3n) is 8.47. The minimum absolute atomic E-state index is 0.0888. The molecule has 0 bridgehead atoms. The summed E-state index contributed by atoms with van der Waals surface area (Å²) in [4.78, 5) is 42.7. The molecule has 12 heteroatoms. The first-order valence-electron chi connectivity index (χ1n) is 16.7. The topological polar surface area (TPSA) is 120 Å². The molecule has 264 valence electrons. The van der Waals surface area contributed by atoms with E-state index in [1.807, 2.05) is 24.5 Å². The van der Waals surface area contributed by atoms with Crippen LogP contribution >= 0.6 is 35.5 Å². The van der Waals surface area contributed by atoms with Gasteiger partial charge in [-0.1, -0.05) is 88.1 Å². The second-order valence-corrected chi connectivity index (χ2v) is 14.7. The molecule has 3 aromatic rings. The summed E-state index contributed by atoms with van der Waals surface area (Å²) >= 11 is 4.48. The quantitative estimate of drug-likeness (QED) is 0.0779. The second kappa shape index (κ2) is 19.2. The second-order valence-electron chi connectivity index (χ2n) is 12.1. The SMILES string of the molecule is CCCCC1(CCCC)CN(c2ccccc2)c2cc(SC)c(OCC(=O)NC(C(=O)N[C@@H](CSC)C(=O)O)c3ccccc3)cc2SN1. The van der Waals surface area contributed by atoms with Gasteiger partial charge < -0.3 is 25.4 Å². The number of carbonyl (C=O) groups excluding carboxylic acids is 2. The van der Waals surface area contributed by atoms with E-state index in [1.54, 1.807) is 54.2 Å². The summed E-state index contributed by atoms with van der Waals surface area (Å²) < 4.78 is 10.1. The van der Waals surface area contributed by atoms with E-state index in [2.05, 4.69) is 64.4 Å². The fourth-order valence-corrected chi connectivity index (χ4v) is 7.96. The first-order chi connectivity index (χ1) is 23.7. The van der Waals surface area contributed by atoms with Crippen molar-refractivity contribution in [2.24, 2.45) is 0 Å². The Labute approximate surface area is 303 Å². The predicted octanol–water partition coefficient (Wildman–Crippen LogP) is 7.44. The van der Waals surface area contributed by atoms with Crippen molar-refractivity contribution in [3.05, 3.63) is 78.4 Å². The van der Waals surface area contributed by atoms with Gasteiger partial charge in [0.1, 0.15) is 17.8 Å². The number of hydrogen-bond acceptors (Lipinski definition) is 9. The van der Waals surface area contributed by atoms with Crippen molar-refractivity contribution in [3.8, 4) is 5.75 Å². The Morgan fingerprint density at radius 3 is 2.22 bits per heavy atom. The lowest BCUT2D eigenvalue weighted by atomic mass is 9.87. The normalized spacial score (nSPS) is 15.0. The van der Waals surface area contributed by atoms with Crippen LogP contribution in [0.25, 0.3) is 0 Å². The van der Waals surface area contributed by atoms with Gasteiger partial charge >= 0.3 is 5.97 Å². The molecule has 4 N–H and O–H groups in total. The van der Waals surface area contributed by atoms with Crippen molar-refractivity contribution in [1.82, 2.24) is 15.4 Å². The third kappa shape index (κ3) is 10.6. The van der Waals surface area contributed by atoms with Gasteiger partial charge in [-0.25, -0.2) is 4.79 Å². The third-order valence-corrected chi connectivity index (χ3v) is 11.0. The van der Waals surface area contributed by atoms with Crippen molar-refractivity contribution in [1.29, 1.82) is 0 Å². The average Bonchev–Trinajstić information content (AvgIpc) is 3.28. The number of carboxylic acid groups (broad SMARTS) is 1. The number of hydrogen-bond donors (Lipinski definition) is 4. The minimum Gasteiger partial charge on any atom is -0.483 e. The molecule has 49 heavy (non-hydrogen) atoms. The number of nitrogens with one attached hydrogen (secondary N) is 3. The van der Waals surface area contributed by atoms with Gasteiger partial charge in [0, 0.05) is 23.5 Å². The summed E-state index contributed by atoms with van der Waals surface area (Å²) in [5, 5.41) is 14.9. The lowest BCUT2D eigenvalue weighted by molar-refractivity contribution is -0.141. The standard InChI is InChI=1S/C37H48N4O5S3/c1-5-7-19-37(20-8-6-2)25-41(27-17-13-10-14-18-27)29-21-32(48-4)30(22-31(29)49-40-37)46-23-33(42)39-34(26-15-11-9-12-16-26)35(43)38-28(24-47-3)36(44)45/h9-18,21-22,28,34,40H,5-8,19-20,23-25H2,1-4H3,(H,38,43)(H,39,42)(H,44,45)/t28-,34?/m0/s1. The van der Waals surface area contributed by atoms with E-state index in [1.165, 1.54) is 11.8 Å². The summed E-state index contributed by atoms with van der Waals surface area (Å²) in [5.41, 5.74) is 2.65. The van der Waals surface area contributed by atoms with Gasteiger partial charge in [-0.2, -0.15) is 11.8 Å². The Hall–Kier alpha value is -3.32. The molecule has 4 rings (SSSR count). The van der Waals surface area contributed by atoms with Gasteiger partial charge in [0.05, 0.1) is 15.5 Å². The summed E-state index contributed by atoms with van der Waals surface area (Å²) in [6.45, 7) is 4.97. The van der Waals surface area contributed by atoms with Crippen LogP contribution in [0, 0.1) is 0 Å². The van der Waals surface area contributed by atoms with E-state index in [-0.39, 0.29) is 17.9 Å². The molecule has 0 aromatic heterocycles. The summed E-state index contributed by atoms with van der Waals surface area (Å²) in [5.74, 6) is -1.47. The molecule has 9 nitrogen and oxygen atoms in total. The maximum absolute atomic E-state index is 13.3. The number of aliphatic carboxylic acids is 1. The Morgan fingerprint density at radius 1 is 0.980 bits per heavy atom. The smallest absolute Gasteiger partial charge is 0.327 e. The number of carboxylic acids is 1. The van der Waals surface area contributed by atoms with E-state index in [4.69, 9.17) is 4.74 Å². The lowest BCUT2D eigenvalue weighted by Crippen LogP contribution is -2.49. The summed E-state index contributed by atoms with van der Waals surface area (Å²) in [6, 6.07) is 21.2. The molecule has 2 amide bonds. The number of ether oxygens (including phenoxy) is 1. The van der Waals surface area contributed by atoms with E-state index in [0.717, 1.165) is 66.2 Å². The van der Waals surface area contributed by atoms with E-state index in [0.29, 0.717) is 11.3 Å². The van der Waals surface area contributed by atoms with E-state index >= 15 is 0 Å². The molecule has 1 aliphatic rings. The zero-order valence-corrected chi connectivity index (χ0v) is 31.1. The molecule has 1 unspecified atom stereocenters. The van der Waals surface area contributed by atoms with Crippen LogP contribution in [-0.2, 0) is 14.4 Å². The highest BCUT2D eigenvalue weighted by atomic mass is 32.2. The lowest BCUT2D eigenvalue weighted by Gasteiger charge is -2.38. The van der Waals surface area contributed by atoms with E-state index in [9.17, 15) is 19.5 Å². The first kappa shape index (κ1) is 38.5. The number of unbranched alkanes of at least 4 members (excludes halogenated alkanes) is 2. The number of amides is 2. The summed E-state index contributed by atoms with van der Waals surface area (Å²) in [6.07, 6.45) is 10.4.